The van der Waals surface area contributed by atoms with Gasteiger partial charge in [-0.2, -0.15) is 5.10 Å². The Morgan fingerprint density at radius 2 is 2.15 bits per heavy atom. The summed E-state index contributed by atoms with van der Waals surface area (Å²) >= 11 is 0. The smallest absolute Gasteiger partial charge is 0.265 e. The van der Waals surface area contributed by atoms with Gasteiger partial charge in [0.25, 0.3) is 10.0 Å². The zero-order valence-corrected chi connectivity index (χ0v) is 10.9. The molecule has 3 aromatic rings. The van der Waals surface area contributed by atoms with E-state index in [1.54, 1.807) is 35.4 Å². The second-order valence-electron chi connectivity index (χ2n) is 3.91. The van der Waals surface area contributed by atoms with E-state index in [1.165, 1.54) is 18.6 Å². The molecule has 0 unspecified atom stereocenters. The quantitative estimate of drug-likeness (QED) is 0.739. The molecule has 0 amide bonds. The number of rotatable bonds is 4. The van der Waals surface area contributed by atoms with E-state index in [-0.39, 0.29) is 4.90 Å². The number of nitrogens with zero attached hydrogens (tertiary/aromatic N) is 4. The van der Waals surface area contributed by atoms with Crippen molar-refractivity contribution >= 4 is 15.7 Å². The third-order valence-corrected chi connectivity index (χ3v) is 3.90. The van der Waals surface area contributed by atoms with Gasteiger partial charge in [0.1, 0.15) is 17.0 Å². The van der Waals surface area contributed by atoms with Crippen LogP contribution in [-0.4, -0.2) is 33.2 Å². The lowest BCUT2D eigenvalue weighted by Gasteiger charge is -2.06. The molecule has 0 bridgehead atoms. The number of aromatic nitrogens is 5. The second-order valence-corrected chi connectivity index (χ2v) is 5.60. The Kier molecular flexibility index (Phi) is 2.95. The molecule has 0 atom stereocenters. The number of hydrogen-bond donors (Lipinski definition) is 2. The first-order valence-electron chi connectivity index (χ1n) is 5.61. The lowest BCUT2D eigenvalue weighted by Crippen LogP contribution is -2.12. The molecule has 0 radical (unpaired) electrons. The van der Waals surface area contributed by atoms with Crippen molar-refractivity contribution in [3.8, 4) is 5.82 Å². The molecule has 3 rings (SSSR count). The summed E-state index contributed by atoms with van der Waals surface area (Å²) in [6.07, 6.45) is 8.96. The van der Waals surface area contributed by atoms with Gasteiger partial charge in [-0.15, -0.1) is 0 Å². The van der Waals surface area contributed by atoms with Crippen LogP contribution in [0.4, 0.5) is 5.69 Å². The third kappa shape index (κ3) is 2.38. The van der Waals surface area contributed by atoms with Gasteiger partial charge in [0.05, 0.1) is 18.1 Å². The van der Waals surface area contributed by atoms with Crippen LogP contribution >= 0.6 is 0 Å². The van der Waals surface area contributed by atoms with Crippen molar-refractivity contribution in [1.29, 1.82) is 0 Å². The number of pyridine rings is 1. The average Bonchev–Trinajstić information content (AvgIpc) is 3.13. The Balaban J connectivity index is 1.83. The average molecular weight is 290 g/mol. The van der Waals surface area contributed by atoms with E-state index in [9.17, 15) is 8.42 Å². The SMILES string of the molecule is O=S(=O)(Nc1ccc(-n2ccnc2)nc1)c1cn[nH]c1. The molecular formula is C11H10N6O2S. The summed E-state index contributed by atoms with van der Waals surface area (Å²) in [5, 5.41) is 6.06. The second kappa shape index (κ2) is 4.78. The highest BCUT2D eigenvalue weighted by Gasteiger charge is 2.15. The first-order chi connectivity index (χ1) is 9.65. The fraction of sp³-hybridized carbons (Fsp3) is 0. The molecule has 0 saturated heterocycles. The van der Waals surface area contributed by atoms with Gasteiger partial charge < -0.3 is 0 Å². The highest BCUT2D eigenvalue weighted by molar-refractivity contribution is 7.92. The molecule has 0 spiro atoms. The van der Waals surface area contributed by atoms with Crippen LogP contribution in [0.1, 0.15) is 0 Å². The summed E-state index contributed by atoms with van der Waals surface area (Å²) in [4.78, 5) is 8.14. The van der Waals surface area contributed by atoms with Crippen LogP contribution in [-0.2, 0) is 10.0 Å². The van der Waals surface area contributed by atoms with Gasteiger partial charge in [-0.3, -0.25) is 14.4 Å². The van der Waals surface area contributed by atoms with E-state index in [0.29, 0.717) is 11.5 Å². The van der Waals surface area contributed by atoms with Crippen LogP contribution in [0.15, 0.2) is 54.3 Å². The van der Waals surface area contributed by atoms with Gasteiger partial charge in [0, 0.05) is 18.6 Å². The maximum Gasteiger partial charge on any atom is 0.265 e. The highest BCUT2D eigenvalue weighted by atomic mass is 32.2. The van der Waals surface area contributed by atoms with E-state index in [1.807, 2.05) is 0 Å². The minimum Gasteiger partial charge on any atom is -0.291 e. The van der Waals surface area contributed by atoms with Crippen molar-refractivity contribution in [1.82, 2.24) is 24.7 Å². The molecule has 3 aromatic heterocycles. The van der Waals surface area contributed by atoms with Crippen molar-refractivity contribution < 1.29 is 8.42 Å². The largest absolute Gasteiger partial charge is 0.291 e. The maximum absolute atomic E-state index is 12.0. The molecule has 0 aromatic carbocycles. The molecule has 8 nitrogen and oxygen atoms in total. The number of aromatic amines is 1. The van der Waals surface area contributed by atoms with E-state index in [0.717, 1.165) is 0 Å². The molecule has 0 aliphatic heterocycles. The molecule has 102 valence electrons. The summed E-state index contributed by atoms with van der Waals surface area (Å²) in [6.45, 7) is 0. The fourth-order valence-electron chi connectivity index (χ4n) is 1.59. The van der Waals surface area contributed by atoms with E-state index in [4.69, 9.17) is 0 Å². The van der Waals surface area contributed by atoms with Gasteiger partial charge in [-0.05, 0) is 12.1 Å². The molecule has 2 N–H and O–H groups in total. The van der Waals surface area contributed by atoms with Crippen molar-refractivity contribution in [3.05, 3.63) is 49.4 Å². The van der Waals surface area contributed by atoms with Crippen molar-refractivity contribution in [2.45, 2.75) is 4.90 Å². The summed E-state index contributed by atoms with van der Waals surface area (Å²) in [5.74, 6) is 0.647. The van der Waals surface area contributed by atoms with Gasteiger partial charge in [-0.25, -0.2) is 18.4 Å². The first kappa shape index (κ1) is 12.4. The van der Waals surface area contributed by atoms with Crippen LogP contribution in [0, 0.1) is 0 Å². The zero-order valence-electron chi connectivity index (χ0n) is 10.1. The summed E-state index contributed by atoms with van der Waals surface area (Å²) in [6, 6.07) is 3.31. The molecule has 20 heavy (non-hydrogen) atoms. The minimum absolute atomic E-state index is 0.0659. The van der Waals surface area contributed by atoms with E-state index in [2.05, 4.69) is 24.9 Å². The molecule has 0 aliphatic carbocycles. The topological polar surface area (TPSA) is 106 Å². The predicted molar refractivity (Wildman–Crippen MR) is 70.8 cm³/mol. The van der Waals surface area contributed by atoms with E-state index < -0.39 is 10.0 Å². The van der Waals surface area contributed by atoms with Crippen LogP contribution in [0.2, 0.25) is 0 Å². The standard InChI is InChI=1S/C11H10N6O2S/c18-20(19,10-6-14-15-7-10)16-9-1-2-11(13-5-9)17-4-3-12-8-17/h1-8,16H,(H,14,15). The number of anilines is 1. The fourth-order valence-corrected chi connectivity index (χ4v) is 2.54. The number of hydrogen-bond acceptors (Lipinski definition) is 5. The summed E-state index contributed by atoms with van der Waals surface area (Å²) in [7, 11) is -3.64. The molecule has 0 aliphatic rings. The highest BCUT2D eigenvalue weighted by Crippen LogP contribution is 2.15. The number of H-pyrrole nitrogens is 1. The van der Waals surface area contributed by atoms with Crippen LogP contribution < -0.4 is 4.72 Å². The monoisotopic (exact) mass is 290 g/mol. The molecule has 9 heteroatoms. The van der Waals surface area contributed by atoms with E-state index >= 15 is 0 Å². The Morgan fingerprint density at radius 1 is 1.25 bits per heavy atom. The van der Waals surface area contributed by atoms with Crippen LogP contribution in [0.25, 0.3) is 5.82 Å². The molecule has 3 heterocycles. The first-order valence-corrected chi connectivity index (χ1v) is 7.09. The summed E-state index contributed by atoms with van der Waals surface area (Å²) < 4.78 is 28.1. The maximum atomic E-state index is 12.0. The number of nitrogens with one attached hydrogen (secondary N) is 2. The lowest BCUT2D eigenvalue weighted by molar-refractivity contribution is 0.601. The zero-order chi connectivity index (χ0) is 14.0. The Bertz CT molecular complexity index is 778. The predicted octanol–water partition coefficient (Wildman–Crippen LogP) is 0.791. The number of imidazole rings is 1. The van der Waals surface area contributed by atoms with Crippen molar-refractivity contribution in [2.75, 3.05) is 4.72 Å². The third-order valence-electron chi connectivity index (χ3n) is 2.55. The van der Waals surface area contributed by atoms with Crippen molar-refractivity contribution in [3.63, 3.8) is 0 Å². The molecule has 0 fully saturated rings. The van der Waals surface area contributed by atoms with Crippen LogP contribution in [0.3, 0.4) is 0 Å². The Labute approximate surface area is 114 Å². The van der Waals surface area contributed by atoms with Crippen molar-refractivity contribution in [2.24, 2.45) is 0 Å². The van der Waals surface area contributed by atoms with Crippen LogP contribution in [0.5, 0.6) is 0 Å². The van der Waals surface area contributed by atoms with Gasteiger partial charge in [-0.1, -0.05) is 0 Å². The van der Waals surface area contributed by atoms with Gasteiger partial charge in [0.15, 0.2) is 0 Å². The normalized spacial score (nSPS) is 11.4. The molecular weight excluding hydrogens is 280 g/mol. The molecule has 0 saturated carbocycles. The van der Waals surface area contributed by atoms with Gasteiger partial charge >= 0.3 is 0 Å². The lowest BCUT2D eigenvalue weighted by atomic mass is 10.4. The summed E-state index contributed by atoms with van der Waals surface area (Å²) in [5.41, 5.74) is 0.370. The Morgan fingerprint density at radius 3 is 2.75 bits per heavy atom. The Hall–Kier alpha value is -2.68. The minimum atomic E-state index is -3.64. The van der Waals surface area contributed by atoms with Gasteiger partial charge in [0.2, 0.25) is 0 Å². The number of sulfonamides is 1.